The van der Waals surface area contributed by atoms with Gasteiger partial charge in [0.05, 0.1) is 6.61 Å². The lowest BCUT2D eigenvalue weighted by Gasteiger charge is -2.39. The molecule has 9 nitrogen and oxygen atoms in total. The highest BCUT2D eigenvalue weighted by molar-refractivity contribution is 6.30. The van der Waals surface area contributed by atoms with Crippen molar-refractivity contribution in [2.45, 2.75) is 63.5 Å². The Bertz CT molecular complexity index is 1150. The number of hydrogen-bond donors (Lipinski definition) is 5. The number of aliphatic hydroxyl groups excluding tert-OH is 4. The summed E-state index contributed by atoms with van der Waals surface area (Å²) in [6.07, 6.45) is -6.57. The molecular weight excluding hydrogens is 488 g/mol. The summed E-state index contributed by atoms with van der Waals surface area (Å²) in [5.41, 5.74) is 3.40. The van der Waals surface area contributed by atoms with Gasteiger partial charge in [0.2, 0.25) is 12.2 Å². The molecule has 0 bridgehead atoms. The Balaban J connectivity index is 1.57. The number of aliphatic hydroxyl groups is 4. The van der Waals surface area contributed by atoms with Gasteiger partial charge in [-0.25, -0.2) is 0 Å². The Morgan fingerprint density at radius 1 is 1.06 bits per heavy atom. The average molecular weight is 519 g/mol. The van der Waals surface area contributed by atoms with Crippen molar-refractivity contribution < 1.29 is 34.6 Å². The Labute approximate surface area is 214 Å². The van der Waals surface area contributed by atoms with Crippen LogP contribution in [0.2, 0.25) is 5.02 Å². The van der Waals surface area contributed by atoms with Crippen molar-refractivity contribution in [3.63, 3.8) is 0 Å². The van der Waals surface area contributed by atoms with Crippen molar-refractivity contribution in [1.82, 2.24) is 10.2 Å². The number of benzene rings is 2. The monoisotopic (exact) mass is 518 g/mol. The molecule has 5 atom stereocenters. The van der Waals surface area contributed by atoms with E-state index in [9.17, 15) is 20.4 Å². The number of halogens is 1. The van der Waals surface area contributed by atoms with Crippen molar-refractivity contribution in [2.75, 3.05) is 6.61 Å². The van der Waals surface area contributed by atoms with Gasteiger partial charge in [-0.15, -0.1) is 5.10 Å². The second-order valence-corrected chi connectivity index (χ2v) is 9.53. The zero-order chi connectivity index (χ0) is 25.8. The second-order valence-electron chi connectivity index (χ2n) is 9.09. The molecule has 0 spiro atoms. The summed E-state index contributed by atoms with van der Waals surface area (Å²) in [6.45, 7) is 3.81. The third kappa shape index (κ3) is 5.83. The summed E-state index contributed by atoms with van der Waals surface area (Å²) < 4.78 is 17.5. The van der Waals surface area contributed by atoms with E-state index in [1.807, 2.05) is 62.4 Å². The number of aromatic nitrogens is 2. The summed E-state index contributed by atoms with van der Waals surface area (Å²) >= 11 is 6.09. The van der Waals surface area contributed by atoms with E-state index >= 15 is 0 Å². The maximum atomic E-state index is 10.4. The Kier molecular flexibility index (Phi) is 8.50. The van der Waals surface area contributed by atoms with Crippen molar-refractivity contribution in [2.24, 2.45) is 0 Å². The van der Waals surface area contributed by atoms with Crippen LogP contribution in [0, 0.1) is 0 Å². The van der Waals surface area contributed by atoms with E-state index in [1.165, 1.54) is 0 Å². The highest BCUT2D eigenvalue weighted by Gasteiger charge is 2.45. The zero-order valence-electron chi connectivity index (χ0n) is 20.0. The Morgan fingerprint density at radius 2 is 1.83 bits per heavy atom. The lowest BCUT2D eigenvalue weighted by atomic mass is 9.98. The summed E-state index contributed by atoms with van der Waals surface area (Å²) in [4.78, 5) is 0. The van der Waals surface area contributed by atoms with Crippen LogP contribution >= 0.6 is 11.6 Å². The highest BCUT2D eigenvalue weighted by atomic mass is 35.5. The van der Waals surface area contributed by atoms with Gasteiger partial charge in [0.1, 0.15) is 36.8 Å². The predicted octanol–water partition coefficient (Wildman–Crippen LogP) is 2.54. The largest absolute Gasteiger partial charge is 0.489 e. The molecule has 2 aromatic carbocycles. The van der Waals surface area contributed by atoms with Crippen molar-refractivity contribution in [3.05, 3.63) is 75.9 Å². The van der Waals surface area contributed by atoms with Gasteiger partial charge in [-0.05, 0) is 35.2 Å². The van der Waals surface area contributed by atoms with Crippen molar-refractivity contribution in [1.29, 1.82) is 0 Å². The minimum absolute atomic E-state index is 0.0826. The van der Waals surface area contributed by atoms with Crippen LogP contribution < -0.4 is 9.47 Å². The molecule has 1 unspecified atom stereocenters. The zero-order valence-corrected chi connectivity index (χ0v) is 20.8. The van der Waals surface area contributed by atoms with Crippen LogP contribution in [-0.4, -0.2) is 67.9 Å². The quantitative estimate of drug-likeness (QED) is 0.291. The molecule has 1 aliphatic heterocycles. The number of aromatic amines is 1. The number of nitrogens with one attached hydrogen (secondary N) is 1. The Hall–Kier alpha value is -2.66. The van der Waals surface area contributed by atoms with E-state index in [0.29, 0.717) is 23.8 Å². The van der Waals surface area contributed by atoms with Crippen LogP contribution in [-0.2, 0) is 17.8 Å². The highest BCUT2D eigenvalue weighted by Crippen LogP contribution is 2.33. The molecule has 0 radical (unpaired) electrons. The lowest BCUT2D eigenvalue weighted by Crippen LogP contribution is -2.60. The molecule has 4 rings (SSSR count). The maximum absolute atomic E-state index is 10.4. The van der Waals surface area contributed by atoms with Gasteiger partial charge in [-0.1, -0.05) is 55.8 Å². The van der Waals surface area contributed by atoms with Crippen LogP contribution in [0.4, 0.5) is 0 Å². The van der Waals surface area contributed by atoms with Crippen LogP contribution in [0.5, 0.6) is 11.6 Å². The first kappa shape index (κ1) is 26.4. The second kappa shape index (κ2) is 11.6. The van der Waals surface area contributed by atoms with Crippen molar-refractivity contribution >= 4 is 11.6 Å². The van der Waals surface area contributed by atoms with E-state index in [4.69, 9.17) is 25.8 Å². The number of nitrogens with zero attached hydrogens (tertiary/aromatic N) is 1. The predicted molar refractivity (Wildman–Crippen MR) is 132 cm³/mol. The minimum Gasteiger partial charge on any atom is -0.489 e. The molecule has 5 N–H and O–H groups in total. The first-order valence-corrected chi connectivity index (χ1v) is 12.2. The maximum Gasteiger partial charge on any atom is 0.238 e. The van der Waals surface area contributed by atoms with Gasteiger partial charge < -0.3 is 34.6 Å². The van der Waals surface area contributed by atoms with Crippen LogP contribution in [0.25, 0.3) is 0 Å². The molecule has 0 aliphatic carbocycles. The van der Waals surface area contributed by atoms with E-state index in [2.05, 4.69) is 10.2 Å². The first-order valence-electron chi connectivity index (χ1n) is 11.8. The molecule has 1 aromatic heterocycles. The molecule has 1 aliphatic rings. The van der Waals surface area contributed by atoms with E-state index < -0.39 is 37.3 Å². The third-order valence-electron chi connectivity index (χ3n) is 6.14. The topological polar surface area (TPSA) is 137 Å². The fourth-order valence-electron chi connectivity index (χ4n) is 4.15. The fraction of sp³-hybridized carbons (Fsp3) is 0.423. The normalized spacial score (nSPS) is 24.2. The molecule has 3 aromatic rings. The summed E-state index contributed by atoms with van der Waals surface area (Å²) in [7, 11) is 0. The van der Waals surface area contributed by atoms with Gasteiger partial charge in [0.15, 0.2) is 0 Å². The first-order chi connectivity index (χ1) is 17.3. The van der Waals surface area contributed by atoms with E-state index in [-0.39, 0.29) is 11.8 Å². The molecular formula is C26H31ClN2O7. The average Bonchev–Trinajstić information content (AvgIpc) is 3.26. The van der Waals surface area contributed by atoms with Gasteiger partial charge in [0.25, 0.3) is 0 Å². The Morgan fingerprint density at radius 3 is 2.56 bits per heavy atom. The molecule has 0 amide bonds. The number of para-hydroxylation sites is 1. The number of H-pyrrole nitrogens is 1. The number of rotatable bonds is 9. The van der Waals surface area contributed by atoms with Gasteiger partial charge in [-0.2, -0.15) is 0 Å². The number of hydrogen-bond acceptors (Lipinski definition) is 8. The smallest absolute Gasteiger partial charge is 0.238 e. The molecule has 2 heterocycles. The fourth-order valence-corrected chi connectivity index (χ4v) is 4.36. The van der Waals surface area contributed by atoms with Crippen LogP contribution in [0.3, 0.4) is 0 Å². The minimum atomic E-state index is -1.55. The van der Waals surface area contributed by atoms with Crippen LogP contribution in [0.1, 0.15) is 42.1 Å². The molecule has 0 saturated carbocycles. The molecule has 1 fully saturated rings. The van der Waals surface area contributed by atoms with Gasteiger partial charge >= 0.3 is 0 Å². The standard InChI is InChI=1S/C26H31ClN2O7/c1-14(2)21-18(25(29-28-21)36-26-24(33)23(32)22(31)20(12-30)35-26)11-16-7-3-4-9-19(16)34-13-15-6-5-8-17(27)10-15/h3-10,14,20,22-24,26,30-33H,11-13H2,1-2H3,(H,28,29)/t20-,22-,23+,24-,26?/m1/s1. The third-order valence-corrected chi connectivity index (χ3v) is 6.37. The molecule has 10 heteroatoms. The van der Waals surface area contributed by atoms with Gasteiger partial charge in [0, 0.05) is 22.7 Å². The molecule has 194 valence electrons. The lowest BCUT2D eigenvalue weighted by molar-refractivity contribution is -0.278. The summed E-state index contributed by atoms with van der Waals surface area (Å²) in [5.74, 6) is 0.957. The van der Waals surface area contributed by atoms with Crippen molar-refractivity contribution in [3.8, 4) is 11.6 Å². The number of ether oxygens (including phenoxy) is 3. The SMILES string of the molecule is CC(C)c1[nH]nc(OC2O[C@H](CO)[C@@H](O)[C@H](O)[C@H]2O)c1Cc1ccccc1OCc1cccc(Cl)c1. The summed E-state index contributed by atoms with van der Waals surface area (Å²) in [5, 5.41) is 48.0. The molecule has 36 heavy (non-hydrogen) atoms. The van der Waals surface area contributed by atoms with Crippen LogP contribution in [0.15, 0.2) is 48.5 Å². The molecule has 1 saturated heterocycles. The van der Waals surface area contributed by atoms with E-state index in [1.54, 1.807) is 0 Å². The van der Waals surface area contributed by atoms with Gasteiger partial charge in [-0.3, -0.25) is 5.10 Å². The van der Waals surface area contributed by atoms with E-state index in [0.717, 1.165) is 22.4 Å². The summed E-state index contributed by atoms with van der Waals surface area (Å²) in [6, 6.07) is 15.1.